The standard InChI is InChI=1S/C23H17FN6/c24-16-6-12-20(13-7-16)30-23-21(14-27-30)22(25-15-26-23)29-19-10-8-18(9-11-19)28-17-4-2-1-3-5-17/h1-15,28H,(H,25,26,29). The first-order valence-corrected chi connectivity index (χ1v) is 9.40. The SMILES string of the molecule is Fc1ccc(-n2ncc3c(Nc4ccc(Nc5ccccc5)cc4)ncnc32)cc1. The molecule has 0 radical (unpaired) electrons. The van der Waals surface area contributed by atoms with Crippen LogP contribution in [0.15, 0.2) is 91.4 Å². The Hall–Kier alpha value is -4.26. The van der Waals surface area contributed by atoms with Gasteiger partial charge >= 0.3 is 0 Å². The van der Waals surface area contributed by atoms with Crippen LogP contribution in [0.5, 0.6) is 0 Å². The van der Waals surface area contributed by atoms with Crippen molar-refractivity contribution in [2.45, 2.75) is 0 Å². The summed E-state index contributed by atoms with van der Waals surface area (Å²) in [6, 6.07) is 24.1. The van der Waals surface area contributed by atoms with Gasteiger partial charge in [-0.25, -0.2) is 19.0 Å². The summed E-state index contributed by atoms with van der Waals surface area (Å²) in [5.74, 6) is 0.356. The van der Waals surface area contributed by atoms with Gasteiger partial charge in [0, 0.05) is 17.1 Å². The van der Waals surface area contributed by atoms with E-state index in [0.29, 0.717) is 11.5 Å². The maximum atomic E-state index is 13.2. The number of rotatable bonds is 5. The molecule has 0 aliphatic heterocycles. The molecule has 2 aromatic heterocycles. The molecule has 3 aromatic carbocycles. The highest BCUT2D eigenvalue weighted by atomic mass is 19.1. The summed E-state index contributed by atoms with van der Waals surface area (Å²) >= 11 is 0. The Morgan fingerprint density at radius 1 is 0.700 bits per heavy atom. The van der Waals surface area contributed by atoms with Gasteiger partial charge in [0.2, 0.25) is 0 Å². The van der Waals surface area contributed by atoms with Gasteiger partial charge in [0.05, 0.1) is 17.3 Å². The zero-order chi connectivity index (χ0) is 20.3. The number of hydrogen-bond acceptors (Lipinski definition) is 5. The number of fused-ring (bicyclic) bond motifs is 1. The van der Waals surface area contributed by atoms with Crippen LogP contribution in [-0.2, 0) is 0 Å². The largest absolute Gasteiger partial charge is 0.356 e. The lowest BCUT2D eigenvalue weighted by Gasteiger charge is -2.09. The van der Waals surface area contributed by atoms with Crippen LogP contribution in [0.25, 0.3) is 16.7 Å². The second-order valence-electron chi connectivity index (χ2n) is 6.69. The van der Waals surface area contributed by atoms with Crippen molar-refractivity contribution in [3.63, 3.8) is 0 Å². The molecule has 0 saturated carbocycles. The number of hydrogen-bond donors (Lipinski definition) is 2. The fourth-order valence-corrected chi connectivity index (χ4v) is 3.18. The molecule has 0 atom stereocenters. The van der Waals surface area contributed by atoms with Crippen LogP contribution in [0, 0.1) is 5.82 Å². The van der Waals surface area contributed by atoms with Crippen LogP contribution >= 0.6 is 0 Å². The summed E-state index contributed by atoms with van der Waals surface area (Å²) < 4.78 is 14.9. The van der Waals surface area contributed by atoms with Gasteiger partial charge in [-0.05, 0) is 60.7 Å². The van der Waals surface area contributed by atoms with Gasteiger partial charge in [0.15, 0.2) is 5.65 Å². The van der Waals surface area contributed by atoms with Crippen LogP contribution in [-0.4, -0.2) is 19.7 Å². The Morgan fingerprint density at radius 2 is 1.37 bits per heavy atom. The van der Waals surface area contributed by atoms with Crippen molar-refractivity contribution in [1.29, 1.82) is 0 Å². The van der Waals surface area contributed by atoms with E-state index in [1.54, 1.807) is 23.0 Å². The van der Waals surface area contributed by atoms with Crippen molar-refractivity contribution < 1.29 is 4.39 Å². The van der Waals surface area contributed by atoms with Crippen molar-refractivity contribution in [3.8, 4) is 5.69 Å². The summed E-state index contributed by atoms with van der Waals surface area (Å²) in [5, 5.41) is 11.8. The fourth-order valence-electron chi connectivity index (χ4n) is 3.18. The minimum absolute atomic E-state index is 0.294. The molecule has 5 rings (SSSR count). The van der Waals surface area contributed by atoms with E-state index in [0.717, 1.165) is 28.1 Å². The first-order valence-electron chi connectivity index (χ1n) is 9.40. The quantitative estimate of drug-likeness (QED) is 0.414. The minimum Gasteiger partial charge on any atom is -0.356 e. The maximum absolute atomic E-state index is 13.2. The molecule has 5 aromatic rings. The Kier molecular flexibility index (Phi) is 4.53. The van der Waals surface area contributed by atoms with E-state index >= 15 is 0 Å². The fraction of sp³-hybridized carbons (Fsp3) is 0. The van der Waals surface area contributed by atoms with Crippen molar-refractivity contribution in [2.24, 2.45) is 0 Å². The molecular formula is C23H17FN6. The Balaban J connectivity index is 1.40. The zero-order valence-electron chi connectivity index (χ0n) is 15.8. The molecule has 0 saturated heterocycles. The van der Waals surface area contributed by atoms with Crippen LogP contribution < -0.4 is 10.6 Å². The van der Waals surface area contributed by atoms with Gasteiger partial charge in [0.1, 0.15) is 18.0 Å². The van der Waals surface area contributed by atoms with E-state index in [1.165, 1.54) is 18.5 Å². The Labute approximate surface area is 172 Å². The number of nitrogens with zero attached hydrogens (tertiary/aromatic N) is 4. The van der Waals surface area contributed by atoms with Crippen LogP contribution in [0.3, 0.4) is 0 Å². The molecule has 7 heteroatoms. The number of nitrogens with one attached hydrogen (secondary N) is 2. The smallest absolute Gasteiger partial charge is 0.168 e. The van der Waals surface area contributed by atoms with Crippen LogP contribution in [0.1, 0.15) is 0 Å². The van der Waals surface area contributed by atoms with E-state index in [1.807, 2.05) is 54.6 Å². The van der Waals surface area contributed by atoms with Gasteiger partial charge in [0.25, 0.3) is 0 Å². The number of anilines is 4. The molecule has 30 heavy (non-hydrogen) atoms. The maximum Gasteiger partial charge on any atom is 0.168 e. The molecule has 0 spiro atoms. The van der Waals surface area contributed by atoms with Crippen LogP contribution in [0.2, 0.25) is 0 Å². The second kappa shape index (κ2) is 7.63. The molecule has 0 bridgehead atoms. The molecule has 0 aliphatic carbocycles. The average Bonchev–Trinajstić information content (AvgIpc) is 3.22. The van der Waals surface area contributed by atoms with E-state index in [4.69, 9.17) is 0 Å². The molecule has 2 heterocycles. The lowest BCUT2D eigenvalue weighted by molar-refractivity contribution is 0.627. The second-order valence-corrected chi connectivity index (χ2v) is 6.69. The van der Waals surface area contributed by atoms with Crippen LogP contribution in [0.4, 0.5) is 27.3 Å². The van der Waals surface area contributed by atoms with Gasteiger partial charge in [-0.2, -0.15) is 5.10 Å². The molecule has 0 fully saturated rings. The van der Waals surface area contributed by atoms with Crippen molar-refractivity contribution in [1.82, 2.24) is 19.7 Å². The number of halogens is 1. The van der Waals surface area contributed by atoms with Gasteiger partial charge in [-0.1, -0.05) is 18.2 Å². The van der Waals surface area contributed by atoms with E-state index in [2.05, 4.69) is 25.7 Å². The molecule has 0 unspecified atom stereocenters. The van der Waals surface area contributed by atoms with Gasteiger partial charge in [-0.15, -0.1) is 0 Å². The third kappa shape index (κ3) is 3.56. The van der Waals surface area contributed by atoms with Gasteiger partial charge < -0.3 is 10.6 Å². The van der Waals surface area contributed by atoms with Gasteiger partial charge in [-0.3, -0.25) is 0 Å². The summed E-state index contributed by atoms with van der Waals surface area (Å²) in [6.45, 7) is 0. The highest BCUT2D eigenvalue weighted by molar-refractivity contribution is 5.89. The topological polar surface area (TPSA) is 67.7 Å². The first-order chi connectivity index (χ1) is 14.8. The predicted molar refractivity (Wildman–Crippen MR) is 116 cm³/mol. The molecule has 146 valence electrons. The highest BCUT2D eigenvalue weighted by Crippen LogP contribution is 2.26. The molecular weight excluding hydrogens is 379 g/mol. The highest BCUT2D eigenvalue weighted by Gasteiger charge is 2.11. The summed E-state index contributed by atoms with van der Waals surface area (Å²) in [5.41, 5.74) is 4.28. The molecule has 6 nitrogen and oxygen atoms in total. The van der Waals surface area contributed by atoms with E-state index in [-0.39, 0.29) is 5.82 Å². The third-order valence-electron chi connectivity index (χ3n) is 4.65. The average molecular weight is 396 g/mol. The van der Waals surface area contributed by atoms with E-state index in [9.17, 15) is 4.39 Å². The predicted octanol–water partition coefficient (Wildman–Crippen LogP) is 5.44. The first kappa shape index (κ1) is 17.8. The monoisotopic (exact) mass is 396 g/mol. The number of benzene rings is 3. The molecule has 2 N–H and O–H groups in total. The summed E-state index contributed by atoms with van der Waals surface area (Å²) in [6.07, 6.45) is 3.18. The third-order valence-corrected chi connectivity index (χ3v) is 4.65. The van der Waals surface area contributed by atoms with Crippen molar-refractivity contribution >= 4 is 33.9 Å². The van der Waals surface area contributed by atoms with Crippen molar-refractivity contribution in [2.75, 3.05) is 10.6 Å². The Bertz CT molecular complexity index is 1280. The number of aromatic nitrogens is 4. The normalized spacial score (nSPS) is 10.8. The lowest BCUT2D eigenvalue weighted by atomic mass is 10.2. The van der Waals surface area contributed by atoms with Crippen molar-refractivity contribution in [3.05, 3.63) is 97.2 Å². The minimum atomic E-state index is -0.294. The Morgan fingerprint density at radius 3 is 2.10 bits per heavy atom. The van der Waals surface area contributed by atoms with E-state index < -0.39 is 0 Å². The molecule has 0 aliphatic rings. The summed E-state index contributed by atoms with van der Waals surface area (Å²) in [4.78, 5) is 8.71. The zero-order valence-corrected chi connectivity index (χ0v) is 15.8. The molecule has 0 amide bonds. The number of para-hydroxylation sites is 1. The summed E-state index contributed by atoms with van der Waals surface area (Å²) in [7, 11) is 0. The lowest BCUT2D eigenvalue weighted by Crippen LogP contribution is -1.99.